The Morgan fingerprint density at radius 3 is 2.54 bits per heavy atom. The lowest BCUT2D eigenvalue weighted by Crippen LogP contribution is -2.38. The molecule has 0 saturated carbocycles. The number of aromatic nitrogens is 1. The smallest absolute Gasteiger partial charge is 0.225 e. The highest BCUT2D eigenvalue weighted by molar-refractivity contribution is 5.80. The molecule has 1 amide bonds. The van der Waals surface area contributed by atoms with Gasteiger partial charge in [0.25, 0.3) is 0 Å². The van der Waals surface area contributed by atoms with E-state index in [0.29, 0.717) is 18.9 Å². The second-order valence-corrected chi connectivity index (χ2v) is 6.88. The SMILES string of the molecule is O=C(CCOc1ccccc1)N1CCC(c2cc3ccccc3[nH]2)CC1. The van der Waals surface area contributed by atoms with Crippen LogP contribution in [-0.4, -0.2) is 35.5 Å². The van der Waals surface area contributed by atoms with Crippen molar-refractivity contribution in [2.75, 3.05) is 19.7 Å². The minimum Gasteiger partial charge on any atom is -0.493 e. The van der Waals surface area contributed by atoms with Crippen molar-refractivity contribution in [2.24, 2.45) is 0 Å². The summed E-state index contributed by atoms with van der Waals surface area (Å²) in [6.45, 7) is 2.08. The number of amides is 1. The summed E-state index contributed by atoms with van der Waals surface area (Å²) < 4.78 is 5.64. The van der Waals surface area contributed by atoms with Gasteiger partial charge in [-0.3, -0.25) is 4.79 Å². The number of fused-ring (bicyclic) bond motifs is 1. The van der Waals surface area contributed by atoms with Crippen LogP contribution in [0.4, 0.5) is 0 Å². The number of likely N-dealkylation sites (tertiary alicyclic amines) is 1. The summed E-state index contributed by atoms with van der Waals surface area (Å²) in [6.07, 6.45) is 2.46. The minimum atomic E-state index is 0.191. The number of ether oxygens (including phenoxy) is 1. The fraction of sp³-hybridized carbons (Fsp3) is 0.318. The van der Waals surface area contributed by atoms with Gasteiger partial charge >= 0.3 is 0 Å². The van der Waals surface area contributed by atoms with Gasteiger partial charge in [-0.05, 0) is 42.5 Å². The maximum absolute atomic E-state index is 12.4. The van der Waals surface area contributed by atoms with E-state index in [1.165, 1.54) is 16.6 Å². The zero-order chi connectivity index (χ0) is 17.8. The van der Waals surface area contributed by atoms with Crippen LogP contribution in [0.5, 0.6) is 5.75 Å². The molecule has 0 spiro atoms. The topological polar surface area (TPSA) is 45.3 Å². The van der Waals surface area contributed by atoms with E-state index in [0.717, 1.165) is 31.7 Å². The molecule has 0 radical (unpaired) electrons. The van der Waals surface area contributed by atoms with Gasteiger partial charge in [0.15, 0.2) is 0 Å². The molecular weight excluding hydrogens is 324 g/mol. The van der Waals surface area contributed by atoms with Crippen molar-refractivity contribution >= 4 is 16.8 Å². The highest BCUT2D eigenvalue weighted by Gasteiger charge is 2.24. The third-order valence-electron chi connectivity index (χ3n) is 5.17. The van der Waals surface area contributed by atoms with Crippen molar-refractivity contribution in [3.8, 4) is 5.75 Å². The van der Waals surface area contributed by atoms with Gasteiger partial charge in [0.1, 0.15) is 5.75 Å². The van der Waals surface area contributed by atoms with Crippen molar-refractivity contribution in [3.05, 3.63) is 66.4 Å². The molecule has 134 valence electrons. The van der Waals surface area contributed by atoms with Crippen LogP contribution in [0.2, 0.25) is 0 Å². The highest BCUT2D eigenvalue weighted by Crippen LogP contribution is 2.30. The minimum absolute atomic E-state index is 0.191. The molecule has 0 bridgehead atoms. The Bertz CT molecular complexity index is 831. The zero-order valence-corrected chi connectivity index (χ0v) is 14.9. The van der Waals surface area contributed by atoms with Crippen LogP contribution in [0.15, 0.2) is 60.7 Å². The summed E-state index contributed by atoms with van der Waals surface area (Å²) in [4.78, 5) is 17.9. The highest BCUT2D eigenvalue weighted by atomic mass is 16.5. The number of carbonyl (C=O) groups is 1. The van der Waals surface area contributed by atoms with E-state index in [9.17, 15) is 4.79 Å². The van der Waals surface area contributed by atoms with Crippen LogP contribution < -0.4 is 4.74 Å². The number of rotatable bonds is 5. The summed E-state index contributed by atoms with van der Waals surface area (Å²) in [5.41, 5.74) is 2.49. The van der Waals surface area contributed by atoms with Gasteiger partial charge in [0.05, 0.1) is 13.0 Å². The first kappa shape index (κ1) is 16.7. The number of benzene rings is 2. The number of aromatic amines is 1. The summed E-state index contributed by atoms with van der Waals surface area (Å²) in [5.74, 6) is 1.51. The summed E-state index contributed by atoms with van der Waals surface area (Å²) in [6, 6.07) is 20.3. The van der Waals surface area contributed by atoms with Crippen molar-refractivity contribution in [2.45, 2.75) is 25.2 Å². The molecule has 1 aromatic heterocycles. The Balaban J connectivity index is 1.27. The van der Waals surface area contributed by atoms with Crippen LogP contribution in [0.3, 0.4) is 0 Å². The van der Waals surface area contributed by atoms with E-state index < -0.39 is 0 Å². The lowest BCUT2D eigenvalue weighted by molar-refractivity contribution is -0.132. The Morgan fingerprint density at radius 2 is 1.77 bits per heavy atom. The first-order valence-electron chi connectivity index (χ1n) is 9.33. The molecule has 4 heteroatoms. The Hall–Kier alpha value is -2.75. The third kappa shape index (κ3) is 3.74. The molecular formula is C22H24N2O2. The number of hydrogen-bond acceptors (Lipinski definition) is 2. The molecule has 3 aromatic rings. The third-order valence-corrected chi connectivity index (χ3v) is 5.17. The molecule has 0 atom stereocenters. The zero-order valence-electron chi connectivity index (χ0n) is 14.9. The van der Waals surface area contributed by atoms with E-state index >= 15 is 0 Å². The number of nitrogens with one attached hydrogen (secondary N) is 1. The van der Waals surface area contributed by atoms with Crippen molar-refractivity contribution in [1.29, 1.82) is 0 Å². The van der Waals surface area contributed by atoms with Crippen molar-refractivity contribution in [3.63, 3.8) is 0 Å². The fourth-order valence-electron chi connectivity index (χ4n) is 3.69. The molecule has 1 fully saturated rings. The number of carbonyl (C=O) groups excluding carboxylic acids is 1. The molecule has 1 N–H and O–H groups in total. The summed E-state index contributed by atoms with van der Waals surface area (Å²) >= 11 is 0. The van der Waals surface area contributed by atoms with E-state index in [4.69, 9.17) is 4.74 Å². The number of piperidine rings is 1. The van der Waals surface area contributed by atoms with Crippen molar-refractivity contribution in [1.82, 2.24) is 9.88 Å². The van der Waals surface area contributed by atoms with E-state index in [1.807, 2.05) is 35.2 Å². The second kappa shape index (κ2) is 7.65. The molecule has 4 rings (SSSR count). The fourth-order valence-corrected chi connectivity index (χ4v) is 3.69. The molecule has 2 heterocycles. The van der Waals surface area contributed by atoms with E-state index in [-0.39, 0.29) is 5.91 Å². The molecule has 1 aliphatic heterocycles. The van der Waals surface area contributed by atoms with E-state index in [2.05, 4.69) is 35.3 Å². The number of H-pyrrole nitrogens is 1. The quantitative estimate of drug-likeness (QED) is 0.745. The molecule has 2 aromatic carbocycles. The largest absolute Gasteiger partial charge is 0.493 e. The normalized spacial score (nSPS) is 15.3. The monoisotopic (exact) mass is 348 g/mol. The number of para-hydroxylation sites is 2. The van der Waals surface area contributed by atoms with Crippen LogP contribution in [0.25, 0.3) is 10.9 Å². The summed E-state index contributed by atoms with van der Waals surface area (Å²) in [7, 11) is 0. The molecule has 4 nitrogen and oxygen atoms in total. The second-order valence-electron chi connectivity index (χ2n) is 6.88. The van der Waals surface area contributed by atoms with Gasteiger partial charge in [-0.15, -0.1) is 0 Å². The summed E-state index contributed by atoms with van der Waals surface area (Å²) in [5, 5.41) is 1.26. The van der Waals surface area contributed by atoms with Crippen LogP contribution in [0, 0.1) is 0 Å². The Kier molecular flexibility index (Phi) is 4.91. The van der Waals surface area contributed by atoms with Gasteiger partial charge in [-0.1, -0.05) is 36.4 Å². The van der Waals surface area contributed by atoms with E-state index in [1.54, 1.807) is 0 Å². The lowest BCUT2D eigenvalue weighted by Gasteiger charge is -2.31. The predicted molar refractivity (Wildman–Crippen MR) is 103 cm³/mol. The average Bonchev–Trinajstić information content (AvgIpc) is 3.13. The van der Waals surface area contributed by atoms with Crippen LogP contribution >= 0.6 is 0 Å². The Labute approximate surface area is 153 Å². The van der Waals surface area contributed by atoms with Crippen molar-refractivity contribution < 1.29 is 9.53 Å². The molecule has 0 aliphatic carbocycles. The maximum Gasteiger partial charge on any atom is 0.225 e. The van der Waals surface area contributed by atoms with Crippen LogP contribution in [-0.2, 0) is 4.79 Å². The molecule has 1 aliphatic rings. The van der Waals surface area contributed by atoms with Gasteiger partial charge in [-0.25, -0.2) is 0 Å². The molecule has 1 saturated heterocycles. The first-order chi connectivity index (χ1) is 12.8. The molecule has 0 unspecified atom stereocenters. The van der Waals surface area contributed by atoms with Gasteiger partial charge in [0.2, 0.25) is 5.91 Å². The predicted octanol–water partition coefficient (Wildman–Crippen LogP) is 4.34. The Morgan fingerprint density at radius 1 is 1.04 bits per heavy atom. The first-order valence-corrected chi connectivity index (χ1v) is 9.33. The van der Waals surface area contributed by atoms with Gasteiger partial charge in [0, 0.05) is 30.2 Å². The maximum atomic E-state index is 12.4. The van der Waals surface area contributed by atoms with Gasteiger partial charge in [-0.2, -0.15) is 0 Å². The molecule has 26 heavy (non-hydrogen) atoms. The number of hydrogen-bond donors (Lipinski definition) is 1. The standard InChI is InChI=1S/C22H24N2O2/c25-22(12-15-26-19-7-2-1-3-8-19)24-13-10-17(11-14-24)21-16-18-6-4-5-9-20(18)23-21/h1-9,16-17,23H,10-15H2. The average molecular weight is 348 g/mol. The van der Waals surface area contributed by atoms with Gasteiger partial charge < -0.3 is 14.6 Å². The number of nitrogens with zero attached hydrogens (tertiary/aromatic N) is 1. The van der Waals surface area contributed by atoms with Crippen LogP contribution in [0.1, 0.15) is 30.9 Å². The lowest BCUT2D eigenvalue weighted by atomic mass is 9.93.